The molecular formula is C12H24N2O3. The maximum Gasteiger partial charge on any atom is 0.404 e. The monoisotopic (exact) mass is 244 g/mol. The summed E-state index contributed by atoms with van der Waals surface area (Å²) in [6.45, 7) is 8.28. The first-order valence-corrected chi connectivity index (χ1v) is 6.04. The normalized spacial score (nSPS) is 22.8. The number of amides is 1. The van der Waals surface area contributed by atoms with E-state index < -0.39 is 6.09 Å². The molecule has 1 heterocycles. The van der Waals surface area contributed by atoms with E-state index >= 15 is 0 Å². The fourth-order valence-corrected chi connectivity index (χ4v) is 2.24. The van der Waals surface area contributed by atoms with Crippen LogP contribution in [0, 0.1) is 5.41 Å². The number of nitrogens with two attached hydrogens (primary N) is 1. The minimum absolute atomic E-state index is 0.0206. The lowest BCUT2D eigenvalue weighted by atomic mass is 9.85. The molecule has 2 unspecified atom stereocenters. The molecule has 0 radical (unpaired) electrons. The zero-order valence-corrected chi connectivity index (χ0v) is 11.2. The molecule has 5 heteroatoms. The molecule has 2 atom stereocenters. The van der Waals surface area contributed by atoms with Crippen LogP contribution in [0.25, 0.3) is 0 Å². The Kier molecular flexibility index (Phi) is 4.77. The molecule has 0 aromatic carbocycles. The smallest absolute Gasteiger partial charge is 0.404 e. The Bertz CT molecular complexity index is 257. The lowest BCUT2D eigenvalue weighted by Gasteiger charge is -2.40. The SMILES string of the molecule is CN(C1CCOC1)C(COC(N)=O)C(C)(C)C. The zero-order chi connectivity index (χ0) is 13.1. The summed E-state index contributed by atoms with van der Waals surface area (Å²) in [6.07, 6.45) is 0.315. The first kappa shape index (κ1) is 14.3. The van der Waals surface area contributed by atoms with E-state index in [9.17, 15) is 4.79 Å². The molecule has 1 rings (SSSR count). The molecule has 1 amide bonds. The lowest BCUT2D eigenvalue weighted by Crippen LogP contribution is -2.50. The number of carbonyl (C=O) groups is 1. The van der Waals surface area contributed by atoms with E-state index in [2.05, 4.69) is 32.7 Å². The topological polar surface area (TPSA) is 64.8 Å². The minimum Gasteiger partial charge on any atom is -0.448 e. The van der Waals surface area contributed by atoms with Gasteiger partial charge in [0, 0.05) is 18.7 Å². The molecule has 1 aliphatic rings. The average Bonchev–Trinajstić information content (AvgIpc) is 2.67. The van der Waals surface area contributed by atoms with Gasteiger partial charge in [-0.25, -0.2) is 4.79 Å². The molecule has 0 spiro atoms. The Labute approximate surface area is 103 Å². The highest BCUT2D eigenvalue weighted by Crippen LogP contribution is 2.27. The zero-order valence-electron chi connectivity index (χ0n) is 11.2. The van der Waals surface area contributed by atoms with Crippen LogP contribution >= 0.6 is 0 Å². The number of carbonyl (C=O) groups excluding carboxylic acids is 1. The molecule has 0 aliphatic carbocycles. The Balaban J connectivity index is 2.64. The van der Waals surface area contributed by atoms with Gasteiger partial charge in [-0.1, -0.05) is 20.8 Å². The van der Waals surface area contributed by atoms with E-state index in [1.54, 1.807) is 0 Å². The molecule has 5 nitrogen and oxygen atoms in total. The van der Waals surface area contributed by atoms with Crippen LogP contribution in [-0.4, -0.2) is 49.9 Å². The van der Waals surface area contributed by atoms with Crippen molar-refractivity contribution in [2.24, 2.45) is 11.1 Å². The van der Waals surface area contributed by atoms with Crippen molar-refractivity contribution in [3.05, 3.63) is 0 Å². The summed E-state index contributed by atoms with van der Waals surface area (Å²) in [5, 5.41) is 0. The second-order valence-electron chi connectivity index (χ2n) is 5.69. The highest BCUT2D eigenvalue weighted by atomic mass is 16.5. The number of ether oxygens (including phenoxy) is 2. The van der Waals surface area contributed by atoms with Crippen LogP contribution in [0.5, 0.6) is 0 Å². The number of hydrogen-bond donors (Lipinski definition) is 1. The second kappa shape index (κ2) is 5.69. The predicted octanol–water partition coefficient (Wildman–Crippen LogP) is 1.22. The van der Waals surface area contributed by atoms with Crippen molar-refractivity contribution < 1.29 is 14.3 Å². The van der Waals surface area contributed by atoms with Gasteiger partial charge < -0.3 is 15.2 Å². The van der Waals surface area contributed by atoms with Crippen molar-refractivity contribution in [1.29, 1.82) is 0 Å². The number of hydrogen-bond acceptors (Lipinski definition) is 4. The first-order valence-electron chi connectivity index (χ1n) is 6.04. The van der Waals surface area contributed by atoms with Gasteiger partial charge in [0.05, 0.1) is 6.61 Å². The molecule has 2 N–H and O–H groups in total. The van der Waals surface area contributed by atoms with Crippen molar-refractivity contribution in [2.45, 2.75) is 39.3 Å². The molecule has 0 aromatic rings. The van der Waals surface area contributed by atoms with E-state index in [-0.39, 0.29) is 11.5 Å². The number of likely N-dealkylation sites (N-methyl/N-ethyl adjacent to an activating group) is 1. The Morgan fingerprint density at radius 2 is 2.24 bits per heavy atom. The van der Waals surface area contributed by atoms with Gasteiger partial charge in [-0.3, -0.25) is 4.90 Å². The Morgan fingerprint density at radius 3 is 2.65 bits per heavy atom. The van der Waals surface area contributed by atoms with Crippen molar-refractivity contribution >= 4 is 6.09 Å². The second-order valence-corrected chi connectivity index (χ2v) is 5.69. The molecule has 0 bridgehead atoms. The standard InChI is InChI=1S/C12H24N2O3/c1-12(2,3)10(8-17-11(13)15)14(4)9-5-6-16-7-9/h9-10H,5-8H2,1-4H3,(H2,13,15). The summed E-state index contributed by atoms with van der Waals surface area (Å²) in [7, 11) is 2.06. The van der Waals surface area contributed by atoms with E-state index in [0.29, 0.717) is 12.6 Å². The summed E-state index contributed by atoms with van der Waals surface area (Å²) < 4.78 is 10.4. The Morgan fingerprint density at radius 1 is 1.59 bits per heavy atom. The summed E-state index contributed by atoms with van der Waals surface area (Å²) >= 11 is 0. The van der Waals surface area contributed by atoms with Crippen molar-refractivity contribution in [3.63, 3.8) is 0 Å². The third-order valence-corrected chi connectivity index (χ3v) is 3.36. The molecule has 1 saturated heterocycles. The molecule has 100 valence electrons. The van der Waals surface area contributed by atoms with E-state index in [1.165, 1.54) is 0 Å². The maximum atomic E-state index is 10.7. The molecule has 17 heavy (non-hydrogen) atoms. The van der Waals surface area contributed by atoms with Crippen LogP contribution in [-0.2, 0) is 9.47 Å². The van der Waals surface area contributed by atoms with E-state index in [0.717, 1.165) is 19.6 Å². The molecule has 1 fully saturated rings. The van der Waals surface area contributed by atoms with Crippen LogP contribution in [0.4, 0.5) is 4.79 Å². The minimum atomic E-state index is -0.713. The Hall–Kier alpha value is -0.810. The van der Waals surface area contributed by atoms with Crippen molar-refractivity contribution in [1.82, 2.24) is 4.90 Å². The molecule has 1 aliphatic heterocycles. The molecule has 0 aromatic heterocycles. The van der Waals surface area contributed by atoms with Crippen molar-refractivity contribution in [3.8, 4) is 0 Å². The van der Waals surface area contributed by atoms with Crippen molar-refractivity contribution in [2.75, 3.05) is 26.9 Å². The van der Waals surface area contributed by atoms with Gasteiger partial charge in [-0.2, -0.15) is 0 Å². The van der Waals surface area contributed by atoms with E-state index in [4.69, 9.17) is 15.2 Å². The first-order chi connectivity index (χ1) is 7.82. The van der Waals surface area contributed by atoms with Crippen LogP contribution in [0.2, 0.25) is 0 Å². The summed E-state index contributed by atoms with van der Waals surface area (Å²) in [4.78, 5) is 13.0. The third-order valence-electron chi connectivity index (χ3n) is 3.36. The fraction of sp³-hybridized carbons (Fsp3) is 0.917. The van der Waals surface area contributed by atoms with Gasteiger partial charge in [0.25, 0.3) is 0 Å². The van der Waals surface area contributed by atoms with Gasteiger partial charge in [-0.05, 0) is 18.9 Å². The predicted molar refractivity (Wildman–Crippen MR) is 65.8 cm³/mol. The average molecular weight is 244 g/mol. The van der Waals surface area contributed by atoms with Gasteiger partial charge in [-0.15, -0.1) is 0 Å². The molecule has 0 saturated carbocycles. The highest BCUT2D eigenvalue weighted by molar-refractivity contribution is 5.64. The number of rotatable bonds is 4. The van der Waals surface area contributed by atoms with Gasteiger partial charge in [0.1, 0.15) is 6.61 Å². The quantitative estimate of drug-likeness (QED) is 0.807. The molecular weight excluding hydrogens is 220 g/mol. The van der Waals surface area contributed by atoms with Crippen LogP contribution in [0.3, 0.4) is 0 Å². The number of primary amides is 1. The third kappa shape index (κ3) is 4.16. The van der Waals surface area contributed by atoms with Crippen LogP contribution in [0.1, 0.15) is 27.2 Å². The van der Waals surface area contributed by atoms with Crippen LogP contribution in [0.15, 0.2) is 0 Å². The summed E-state index contributed by atoms with van der Waals surface area (Å²) in [5.74, 6) is 0. The van der Waals surface area contributed by atoms with Gasteiger partial charge >= 0.3 is 6.09 Å². The highest BCUT2D eigenvalue weighted by Gasteiger charge is 2.34. The maximum absolute atomic E-state index is 10.7. The van der Waals surface area contributed by atoms with Crippen LogP contribution < -0.4 is 5.73 Å². The summed E-state index contributed by atoms with van der Waals surface area (Å²) in [6, 6.07) is 0.539. The summed E-state index contributed by atoms with van der Waals surface area (Å²) in [5.41, 5.74) is 5.05. The van der Waals surface area contributed by atoms with Gasteiger partial charge in [0.2, 0.25) is 0 Å². The number of nitrogens with zero attached hydrogens (tertiary/aromatic N) is 1. The lowest BCUT2D eigenvalue weighted by molar-refractivity contribution is 0.0257. The fourth-order valence-electron chi connectivity index (χ4n) is 2.24. The largest absolute Gasteiger partial charge is 0.448 e. The van der Waals surface area contributed by atoms with E-state index in [1.807, 2.05) is 0 Å². The van der Waals surface area contributed by atoms with Gasteiger partial charge in [0.15, 0.2) is 0 Å².